The Labute approximate surface area is 536 Å². The Morgan fingerprint density at radius 3 is 0.767 bits per heavy atom. The zero-order valence-corrected chi connectivity index (χ0v) is 57.3. The Hall–Kier alpha value is -3.18. The lowest BCUT2D eigenvalue weighted by Gasteiger charge is -2.15. The smallest absolute Gasteiger partial charge is 0.306 e. The van der Waals surface area contributed by atoms with Gasteiger partial charge in [-0.2, -0.15) is 0 Å². The van der Waals surface area contributed by atoms with Crippen LogP contribution in [0.4, 0.5) is 0 Å². The molecule has 0 spiro atoms. The van der Waals surface area contributed by atoms with Gasteiger partial charge in [-0.05, 0) is 96.3 Å². The fourth-order valence-electron chi connectivity index (χ4n) is 11.2. The second-order valence-corrected chi connectivity index (χ2v) is 25.3. The molecule has 1 N–H and O–H groups in total. The summed E-state index contributed by atoms with van der Waals surface area (Å²) in [5, 5.41) is 9.72. The normalized spacial score (nSPS) is 12.7. The highest BCUT2D eigenvalue weighted by atomic mass is 16.6. The van der Waals surface area contributed by atoms with Crippen LogP contribution in [0.1, 0.15) is 386 Å². The molecule has 498 valence electrons. The zero-order chi connectivity index (χ0) is 61.9. The third kappa shape index (κ3) is 73.3. The molecule has 5 nitrogen and oxygen atoms in total. The molecule has 0 aliphatic rings. The Morgan fingerprint density at radius 1 is 0.279 bits per heavy atom. The van der Waals surface area contributed by atoms with Gasteiger partial charge in [0.05, 0.1) is 6.61 Å². The Kier molecular flexibility index (Phi) is 73.3. The fourth-order valence-corrected chi connectivity index (χ4v) is 11.2. The molecule has 1 unspecified atom stereocenters. The van der Waals surface area contributed by atoms with E-state index in [1.165, 1.54) is 276 Å². The molecule has 0 bridgehead atoms. The van der Waals surface area contributed by atoms with Crippen molar-refractivity contribution in [2.24, 2.45) is 0 Å². The van der Waals surface area contributed by atoms with Gasteiger partial charge in [-0.3, -0.25) is 9.59 Å². The topological polar surface area (TPSA) is 72.8 Å². The van der Waals surface area contributed by atoms with Gasteiger partial charge in [-0.1, -0.05) is 374 Å². The maximum absolute atomic E-state index is 12.4. The van der Waals surface area contributed by atoms with Crippen molar-refractivity contribution in [2.75, 3.05) is 13.2 Å². The van der Waals surface area contributed by atoms with Crippen molar-refractivity contribution in [1.82, 2.24) is 0 Å². The molecule has 0 heterocycles. The highest BCUT2D eigenvalue weighted by Crippen LogP contribution is 2.19. The summed E-state index contributed by atoms with van der Waals surface area (Å²) < 4.78 is 10.8. The van der Waals surface area contributed by atoms with Gasteiger partial charge in [0.15, 0.2) is 6.10 Å². The zero-order valence-electron chi connectivity index (χ0n) is 57.3. The van der Waals surface area contributed by atoms with Gasteiger partial charge in [0.25, 0.3) is 0 Å². The van der Waals surface area contributed by atoms with Crippen molar-refractivity contribution in [2.45, 2.75) is 392 Å². The van der Waals surface area contributed by atoms with E-state index in [1.807, 2.05) is 0 Å². The fraction of sp³-hybridized carbons (Fsp3) is 0.778. The second kappa shape index (κ2) is 76.1. The summed E-state index contributed by atoms with van der Waals surface area (Å²) in [6.07, 6.45) is 109. The number of aliphatic hydroxyl groups is 1. The van der Waals surface area contributed by atoms with Gasteiger partial charge in [0.2, 0.25) is 0 Å². The van der Waals surface area contributed by atoms with Gasteiger partial charge in [-0.15, -0.1) is 0 Å². The van der Waals surface area contributed by atoms with E-state index in [-0.39, 0.29) is 25.2 Å². The lowest BCUT2D eigenvalue weighted by atomic mass is 10.0. The third-order valence-corrected chi connectivity index (χ3v) is 16.9. The van der Waals surface area contributed by atoms with Crippen molar-refractivity contribution in [3.63, 3.8) is 0 Å². The molecule has 0 rings (SSSR count). The lowest BCUT2D eigenvalue weighted by molar-refractivity contribution is -0.161. The van der Waals surface area contributed by atoms with Crippen LogP contribution in [0.3, 0.4) is 0 Å². The first-order valence-corrected chi connectivity index (χ1v) is 37.8. The Morgan fingerprint density at radius 2 is 0.500 bits per heavy atom. The molecule has 86 heavy (non-hydrogen) atoms. The highest BCUT2D eigenvalue weighted by Gasteiger charge is 2.16. The van der Waals surface area contributed by atoms with E-state index in [9.17, 15) is 14.7 Å². The summed E-state index contributed by atoms with van der Waals surface area (Å²) in [6.45, 7) is 4.07. The van der Waals surface area contributed by atoms with Crippen molar-refractivity contribution in [3.05, 3.63) is 97.2 Å². The molecule has 0 radical (unpaired) electrons. The molecule has 0 aliphatic heterocycles. The number of hydrogen-bond donors (Lipinski definition) is 1. The first-order chi connectivity index (χ1) is 42.6. The monoisotopic (exact) mass is 1200 g/mol. The summed E-state index contributed by atoms with van der Waals surface area (Å²) in [5.74, 6) is -0.574. The number of esters is 2. The van der Waals surface area contributed by atoms with Crippen LogP contribution in [0.25, 0.3) is 0 Å². The van der Waals surface area contributed by atoms with E-state index in [2.05, 4.69) is 111 Å². The van der Waals surface area contributed by atoms with Gasteiger partial charge in [0.1, 0.15) is 6.61 Å². The maximum Gasteiger partial charge on any atom is 0.306 e. The molecule has 1 atom stereocenters. The van der Waals surface area contributed by atoms with E-state index in [0.29, 0.717) is 12.8 Å². The standard InChI is InChI=1S/C81H144O5/c1-3-5-7-9-11-13-15-17-19-21-23-25-27-29-31-33-35-37-39-40-42-44-46-48-50-52-54-56-58-60-62-64-66-68-70-72-74-76-81(84)86-79(77-82)78-85-80(83)75-73-71-69-67-65-63-61-59-57-55-53-51-49-47-45-43-41-38-36-34-32-30-28-26-24-22-20-18-16-14-12-10-8-6-4-2/h5,7,11,13,17,19,22-25,29,31,35,37,40,42,79,82H,3-4,6,8-10,12,14-16,18,20-21,26-28,30,32-34,36,38-39,41,43-78H2,1-2H3/b7-5-,13-11-,19-17-,24-22-,25-23-,31-29-,37-35-,42-40-. The molecule has 0 amide bonds. The number of aliphatic hydroxyl groups excluding tert-OH is 1. The molecular formula is C81H144O5. The molecule has 0 aromatic heterocycles. The summed E-state index contributed by atoms with van der Waals surface area (Å²) in [7, 11) is 0. The minimum Gasteiger partial charge on any atom is -0.462 e. The van der Waals surface area contributed by atoms with E-state index in [1.54, 1.807) is 0 Å². The average Bonchev–Trinajstić information content (AvgIpc) is 3.53. The van der Waals surface area contributed by atoms with Crippen molar-refractivity contribution in [3.8, 4) is 0 Å². The van der Waals surface area contributed by atoms with Crippen LogP contribution in [0, 0.1) is 0 Å². The average molecular weight is 1200 g/mol. The van der Waals surface area contributed by atoms with Crippen molar-refractivity contribution < 1.29 is 24.2 Å². The van der Waals surface area contributed by atoms with Gasteiger partial charge < -0.3 is 14.6 Å². The second-order valence-electron chi connectivity index (χ2n) is 25.3. The number of ether oxygens (including phenoxy) is 2. The number of unbranched alkanes of at least 4 members (excludes halogenated alkanes) is 46. The number of rotatable bonds is 70. The molecule has 0 fully saturated rings. The summed E-state index contributed by atoms with van der Waals surface area (Å²) in [5.41, 5.74) is 0. The minimum absolute atomic E-state index is 0.0641. The molecule has 0 saturated carbocycles. The predicted octanol–water partition coefficient (Wildman–Crippen LogP) is 26.5. The van der Waals surface area contributed by atoms with Crippen molar-refractivity contribution in [1.29, 1.82) is 0 Å². The number of allylic oxidation sites excluding steroid dienone is 16. The number of hydrogen-bond acceptors (Lipinski definition) is 5. The number of carbonyl (C=O) groups excluding carboxylic acids is 2. The quantitative estimate of drug-likeness (QED) is 0.0373. The van der Waals surface area contributed by atoms with Crippen LogP contribution in [-0.2, 0) is 19.1 Å². The molecule has 0 saturated heterocycles. The highest BCUT2D eigenvalue weighted by molar-refractivity contribution is 5.70. The van der Waals surface area contributed by atoms with Gasteiger partial charge >= 0.3 is 11.9 Å². The van der Waals surface area contributed by atoms with E-state index < -0.39 is 6.10 Å². The van der Waals surface area contributed by atoms with E-state index >= 15 is 0 Å². The lowest BCUT2D eigenvalue weighted by Crippen LogP contribution is -2.28. The van der Waals surface area contributed by atoms with E-state index in [4.69, 9.17) is 9.47 Å². The summed E-state index contributed by atoms with van der Waals surface area (Å²) in [4.78, 5) is 24.7. The third-order valence-electron chi connectivity index (χ3n) is 16.9. The van der Waals surface area contributed by atoms with Crippen LogP contribution >= 0.6 is 0 Å². The van der Waals surface area contributed by atoms with Crippen LogP contribution in [0.15, 0.2) is 97.2 Å². The Bertz CT molecular complexity index is 1600. The van der Waals surface area contributed by atoms with Crippen molar-refractivity contribution >= 4 is 11.9 Å². The van der Waals surface area contributed by atoms with Crippen LogP contribution < -0.4 is 0 Å². The van der Waals surface area contributed by atoms with E-state index in [0.717, 1.165) is 83.5 Å². The molecule has 5 heteroatoms. The molecule has 0 aromatic rings. The summed E-state index contributed by atoms with van der Waals surface area (Å²) in [6, 6.07) is 0. The minimum atomic E-state index is -0.776. The maximum atomic E-state index is 12.4. The molecular weight excluding hydrogens is 1050 g/mol. The first-order valence-electron chi connectivity index (χ1n) is 37.8. The molecule has 0 aliphatic carbocycles. The molecule has 0 aromatic carbocycles. The number of carbonyl (C=O) groups is 2. The van der Waals surface area contributed by atoms with Crippen LogP contribution in [0.5, 0.6) is 0 Å². The van der Waals surface area contributed by atoms with Gasteiger partial charge in [0, 0.05) is 12.8 Å². The predicted molar refractivity (Wildman–Crippen MR) is 380 cm³/mol. The van der Waals surface area contributed by atoms with Crippen LogP contribution in [-0.4, -0.2) is 36.4 Å². The first kappa shape index (κ1) is 82.8. The SMILES string of the molecule is CC/C=C\C/C=C\C/C=C\C/C=C\C/C=C\C/C=C\C/C=C\CCCCCCCCCCCCCCCCCC(=O)OC(CO)COC(=O)CCCCCCCCCCCCCCCCCCCCCCCCC/C=C\CCCCCCCCCC. The van der Waals surface area contributed by atoms with Gasteiger partial charge in [-0.25, -0.2) is 0 Å². The summed E-state index contributed by atoms with van der Waals surface area (Å²) >= 11 is 0. The van der Waals surface area contributed by atoms with Crippen LogP contribution in [0.2, 0.25) is 0 Å². The Balaban J connectivity index is 3.43. The largest absolute Gasteiger partial charge is 0.462 e.